The van der Waals surface area contributed by atoms with Crippen molar-refractivity contribution in [2.24, 2.45) is 0 Å². The van der Waals surface area contributed by atoms with Gasteiger partial charge >= 0.3 is 0 Å². The summed E-state index contributed by atoms with van der Waals surface area (Å²) in [6.07, 6.45) is 0.505. The fourth-order valence-corrected chi connectivity index (χ4v) is 3.14. The predicted molar refractivity (Wildman–Crippen MR) is 94.7 cm³/mol. The number of anilines is 1. The Balaban J connectivity index is 1.92. The van der Waals surface area contributed by atoms with E-state index < -0.39 is 11.5 Å². The minimum Gasteiger partial charge on any atom is -0.384 e. The molecule has 8 heteroatoms. The van der Waals surface area contributed by atoms with Crippen LogP contribution in [0.1, 0.15) is 56.6 Å². The van der Waals surface area contributed by atoms with Crippen LogP contribution in [-0.2, 0) is 5.60 Å². The van der Waals surface area contributed by atoms with Gasteiger partial charge in [-0.15, -0.1) is 0 Å². The van der Waals surface area contributed by atoms with Crippen molar-refractivity contribution in [3.63, 3.8) is 0 Å². The van der Waals surface area contributed by atoms with Crippen molar-refractivity contribution >= 4 is 5.82 Å². The van der Waals surface area contributed by atoms with E-state index >= 15 is 0 Å². The Morgan fingerprint density at radius 3 is 2.38 bits per heavy atom. The Labute approximate surface area is 151 Å². The fourth-order valence-electron chi connectivity index (χ4n) is 3.14. The first-order chi connectivity index (χ1) is 12.0. The molecule has 2 aromatic rings. The molecule has 142 valence electrons. The van der Waals surface area contributed by atoms with Gasteiger partial charge in [0.1, 0.15) is 11.4 Å². The third-order valence-corrected chi connectivity index (χ3v) is 4.61. The molecular formula is C18H25F2N5O. The largest absolute Gasteiger partial charge is 0.384 e. The molecule has 1 fully saturated rings. The summed E-state index contributed by atoms with van der Waals surface area (Å²) >= 11 is 0. The summed E-state index contributed by atoms with van der Waals surface area (Å²) in [7, 11) is 0. The van der Waals surface area contributed by atoms with Gasteiger partial charge in [0.15, 0.2) is 0 Å². The maximum absolute atomic E-state index is 13.4. The molecule has 0 aromatic carbocycles. The molecule has 2 N–H and O–H groups in total. The molecule has 0 spiro atoms. The maximum atomic E-state index is 13.4. The van der Waals surface area contributed by atoms with Gasteiger partial charge in [0.25, 0.3) is 5.95 Å². The Bertz CT molecular complexity index is 787. The Morgan fingerprint density at radius 1 is 1.19 bits per heavy atom. The molecule has 0 radical (unpaired) electrons. The van der Waals surface area contributed by atoms with Crippen LogP contribution >= 0.6 is 0 Å². The molecule has 26 heavy (non-hydrogen) atoms. The summed E-state index contributed by atoms with van der Waals surface area (Å²) in [5, 5.41) is 18.0. The number of hydrogen-bond acceptors (Lipinski definition) is 5. The normalized spacial score (nSPS) is 18.1. The number of nitrogens with one attached hydrogen (secondary N) is 1. The highest BCUT2D eigenvalue weighted by Gasteiger charge is 2.35. The zero-order valence-corrected chi connectivity index (χ0v) is 15.6. The number of nitrogens with zero attached hydrogens (tertiary/aromatic N) is 4. The first-order valence-electron chi connectivity index (χ1n) is 8.83. The number of aromatic nitrogens is 4. The van der Waals surface area contributed by atoms with Gasteiger partial charge in [0, 0.05) is 30.6 Å². The van der Waals surface area contributed by atoms with Gasteiger partial charge in [-0.2, -0.15) is 10.1 Å². The van der Waals surface area contributed by atoms with E-state index in [1.54, 1.807) is 24.6 Å². The van der Waals surface area contributed by atoms with E-state index in [9.17, 15) is 13.9 Å². The SMILES string of the molecule is Cc1cc(C)n(-c2nc(NC3CCC(F)(F)CC3)cc(C(C)(C)O)n2)n1. The monoisotopic (exact) mass is 365 g/mol. The number of aliphatic hydroxyl groups is 1. The summed E-state index contributed by atoms with van der Waals surface area (Å²) in [5.41, 5.74) is 0.991. The second-order valence-corrected chi connectivity index (χ2v) is 7.61. The van der Waals surface area contributed by atoms with Crippen LogP contribution in [0.4, 0.5) is 14.6 Å². The smallest absolute Gasteiger partial charge is 0.253 e. The first-order valence-corrected chi connectivity index (χ1v) is 8.83. The van der Waals surface area contributed by atoms with Gasteiger partial charge in [0.2, 0.25) is 5.92 Å². The van der Waals surface area contributed by atoms with Crippen LogP contribution in [0, 0.1) is 13.8 Å². The van der Waals surface area contributed by atoms with Crippen molar-refractivity contribution in [2.45, 2.75) is 70.9 Å². The molecule has 0 saturated heterocycles. The molecule has 1 aliphatic rings. The van der Waals surface area contributed by atoms with E-state index in [2.05, 4.69) is 20.4 Å². The van der Waals surface area contributed by atoms with Crippen LogP contribution in [0.3, 0.4) is 0 Å². The van der Waals surface area contributed by atoms with Crippen LogP contribution in [0.5, 0.6) is 0 Å². The van der Waals surface area contributed by atoms with E-state index in [1.807, 2.05) is 19.9 Å². The molecule has 0 atom stereocenters. The Morgan fingerprint density at radius 2 is 1.85 bits per heavy atom. The van der Waals surface area contributed by atoms with Gasteiger partial charge < -0.3 is 10.4 Å². The van der Waals surface area contributed by atoms with Crippen molar-refractivity contribution < 1.29 is 13.9 Å². The number of aryl methyl sites for hydroxylation is 2. The van der Waals surface area contributed by atoms with Crippen LogP contribution in [0.15, 0.2) is 12.1 Å². The third-order valence-electron chi connectivity index (χ3n) is 4.61. The van der Waals surface area contributed by atoms with Crippen molar-refractivity contribution in [3.05, 3.63) is 29.2 Å². The molecule has 2 aromatic heterocycles. The minimum atomic E-state index is -2.57. The second kappa shape index (κ2) is 6.57. The zero-order valence-electron chi connectivity index (χ0n) is 15.6. The summed E-state index contributed by atoms with van der Waals surface area (Å²) < 4.78 is 28.4. The quantitative estimate of drug-likeness (QED) is 0.867. The van der Waals surface area contributed by atoms with Crippen molar-refractivity contribution in [2.75, 3.05) is 5.32 Å². The van der Waals surface area contributed by atoms with E-state index in [0.29, 0.717) is 30.3 Å². The predicted octanol–water partition coefficient (Wildman–Crippen LogP) is 3.50. The van der Waals surface area contributed by atoms with E-state index in [0.717, 1.165) is 11.4 Å². The van der Waals surface area contributed by atoms with Crippen molar-refractivity contribution in [1.29, 1.82) is 0 Å². The average molecular weight is 365 g/mol. The molecule has 0 aliphatic heterocycles. The van der Waals surface area contributed by atoms with Gasteiger partial charge in [-0.3, -0.25) is 0 Å². The lowest BCUT2D eigenvalue weighted by Gasteiger charge is -2.29. The highest BCUT2D eigenvalue weighted by atomic mass is 19.3. The average Bonchev–Trinajstić information content (AvgIpc) is 2.87. The molecule has 0 unspecified atom stereocenters. The standard InChI is InChI=1S/C18H25F2N5O/c1-11-9-12(2)25(24-11)16-22-14(17(3,4)26)10-15(23-16)21-13-5-7-18(19,20)8-6-13/h9-10,13,26H,5-8H2,1-4H3,(H,21,22,23). The van der Waals surface area contributed by atoms with E-state index in [-0.39, 0.29) is 18.9 Å². The summed E-state index contributed by atoms with van der Waals surface area (Å²) in [6, 6.07) is 3.51. The van der Waals surface area contributed by atoms with E-state index in [4.69, 9.17) is 0 Å². The van der Waals surface area contributed by atoms with Crippen LogP contribution in [-0.4, -0.2) is 36.8 Å². The highest BCUT2D eigenvalue weighted by Crippen LogP contribution is 2.34. The molecule has 1 aliphatic carbocycles. The minimum absolute atomic E-state index is 0.0764. The Kier molecular flexibility index (Phi) is 4.72. The number of halogens is 2. The number of alkyl halides is 2. The summed E-state index contributed by atoms with van der Waals surface area (Å²) in [5.74, 6) is -1.72. The van der Waals surface area contributed by atoms with Crippen LogP contribution < -0.4 is 5.32 Å². The Hall–Kier alpha value is -2.09. The van der Waals surface area contributed by atoms with Gasteiger partial charge in [0.05, 0.1) is 11.4 Å². The number of rotatable bonds is 4. The van der Waals surface area contributed by atoms with Crippen molar-refractivity contribution in [3.8, 4) is 5.95 Å². The zero-order chi connectivity index (χ0) is 19.1. The lowest BCUT2D eigenvalue weighted by molar-refractivity contribution is -0.0361. The van der Waals surface area contributed by atoms with Gasteiger partial charge in [-0.05, 0) is 46.6 Å². The summed E-state index contributed by atoms with van der Waals surface area (Å²) in [4.78, 5) is 8.95. The fraction of sp³-hybridized carbons (Fsp3) is 0.611. The number of hydrogen-bond donors (Lipinski definition) is 2. The lowest BCUT2D eigenvalue weighted by atomic mass is 9.92. The van der Waals surface area contributed by atoms with Gasteiger partial charge in [-0.1, -0.05) is 0 Å². The van der Waals surface area contributed by atoms with Crippen molar-refractivity contribution in [1.82, 2.24) is 19.7 Å². The van der Waals surface area contributed by atoms with Crippen LogP contribution in [0.2, 0.25) is 0 Å². The molecule has 1 saturated carbocycles. The molecule has 0 amide bonds. The molecule has 2 heterocycles. The lowest BCUT2D eigenvalue weighted by Crippen LogP contribution is -2.32. The maximum Gasteiger partial charge on any atom is 0.253 e. The topological polar surface area (TPSA) is 75.9 Å². The molecular weight excluding hydrogens is 340 g/mol. The molecule has 0 bridgehead atoms. The second-order valence-electron chi connectivity index (χ2n) is 7.61. The van der Waals surface area contributed by atoms with Gasteiger partial charge in [-0.25, -0.2) is 18.4 Å². The molecule has 6 nitrogen and oxygen atoms in total. The third kappa shape index (κ3) is 4.17. The molecule has 3 rings (SSSR count). The van der Waals surface area contributed by atoms with E-state index in [1.165, 1.54) is 0 Å². The van der Waals surface area contributed by atoms with Crippen LogP contribution in [0.25, 0.3) is 5.95 Å². The first kappa shape index (κ1) is 18.7. The summed E-state index contributed by atoms with van der Waals surface area (Å²) in [6.45, 7) is 7.07. The highest BCUT2D eigenvalue weighted by molar-refractivity contribution is 5.41.